The molecule has 0 saturated heterocycles. The molecule has 9 aromatic rings. The van der Waals surface area contributed by atoms with E-state index in [4.69, 9.17) is 4.42 Å². The van der Waals surface area contributed by atoms with Gasteiger partial charge >= 0.3 is 0 Å². The maximum absolute atomic E-state index is 12.3. The number of fused-ring (bicyclic) bond motifs is 6. The summed E-state index contributed by atoms with van der Waals surface area (Å²) in [7, 11) is 0. The number of furan rings is 1. The molecule has 0 unspecified atom stereocenters. The van der Waals surface area contributed by atoms with Crippen molar-refractivity contribution in [2.75, 3.05) is 0 Å². The molecule has 0 bridgehead atoms. The lowest BCUT2D eigenvalue weighted by Crippen LogP contribution is -1.98. The Hall–Kier alpha value is -10.7. The van der Waals surface area contributed by atoms with Crippen molar-refractivity contribution in [3.05, 3.63) is 6.07 Å². The molecular formula is C42H26O26. The van der Waals surface area contributed by atoms with E-state index in [-0.39, 0.29) is 0 Å². The zero-order valence-corrected chi connectivity index (χ0v) is 32.7. The predicted octanol–water partition coefficient (Wildman–Crippen LogP) is 4.69. The quantitative estimate of drug-likeness (QED) is 0.0649. The van der Waals surface area contributed by atoms with Crippen molar-refractivity contribution in [1.29, 1.82) is 0 Å². The van der Waals surface area contributed by atoms with Crippen LogP contribution >= 0.6 is 0 Å². The Bertz CT molecular complexity index is 3790. The molecule has 0 spiro atoms. The fourth-order valence-corrected chi connectivity index (χ4v) is 8.46. The summed E-state index contributed by atoms with van der Waals surface area (Å²) in [6, 6.07) is 0.634. The molecule has 26 nitrogen and oxygen atoms in total. The number of rotatable bonds is 3. The van der Waals surface area contributed by atoms with Gasteiger partial charge in [0.2, 0.25) is 63.2 Å². The highest BCUT2D eigenvalue weighted by atomic mass is 16.4. The van der Waals surface area contributed by atoms with E-state index in [1.165, 1.54) is 0 Å². The summed E-state index contributed by atoms with van der Waals surface area (Å²) in [6.07, 6.45) is 0. The molecule has 68 heavy (non-hydrogen) atoms. The fraction of sp³-hybridized carbons (Fsp3) is 0. The smallest absolute Gasteiger partial charge is 0.208 e. The first-order valence-corrected chi connectivity index (χ1v) is 18.3. The molecule has 0 amide bonds. The van der Waals surface area contributed by atoms with Crippen LogP contribution in [0, 0.1) is 0 Å². The van der Waals surface area contributed by atoms with Gasteiger partial charge in [0.1, 0.15) is 11.5 Å². The number of benzene rings is 8. The average molecular weight is 947 g/mol. The topological polar surface area (TPSA) is 519 Å². The third kappa shape index (κ3) is 4.76. The van der Waals surface area contributed by atoms with E-state index in [9.17, 15) is 128 Å². The molecule has 26 heteroatoms. The summed E-state index contributed by atoms with van der Waals surface area (Å²) in [5.41, 5.74) is -10.9. The van der Waals surface area contributed by atoms with Gasteiger partial charge in [-0.3, -0.25) is 0 Å². The van der Waals surface area contributed by atoms with E-state index in [1.807, 2.05) is 0 Å². The van der Waals surface area contributed by atoms with Crippen LogP contribution in [0.2, 0.25) is 0 Å². The monoisotopic (exact) mass is 946 g/mol. The van der Waals surface area contributed by atoms with Crippen molar-refractivity contribution in [2.45, 2.75) is 0 Å². The predicted molar refractivity (Wildman–Crippen MR) is 224 cm³/mol. The van der Waals surface area contributed by atoms with Gasteiger partial charge in [-0.15, -0.1) is 0 Å². The van der Waals surface area contributed by atoms with Gasteiger partial charge < -0.3 is 132 Å². The Morgan fingerprint density at radius 1 is 0.191 bits per heavy atom. The lowest BCUT2D eigenvalue weighted by atomic mass is 9.80. The maximum Gasteiger partial charge on any atom is 0.208 e. The Morgan fingerprint density at radius 2 is 0.471 bits per heavy atom. The van der Waals surface area contributed by atoms with Crippen LogP contribution in [0.1, 0.15) is 0 Å². The van der Waals surface area contributed by atoms with Crippen LogP contribution in [-0.4, -0.2) is 128 Å². The van der Waals surface area contributed by atoms with E-state index >= 15 is 0 Å². The molecule has 1 heterocycles. The normalized spacial score (nSPS) is 11.8. The Morgan fingerprint density at radius 3 is 0.897 bits per heavy atom. The second-order valence-electron chi connectivity index (χ2n) is 14.9. The van der Waals surface area contributed by atoms with Gasteiger partial charge in [0.05, 0.1) is 27.3 Å². The second-order valence-corrected chi connectivity index (χ2v) is 14.9. The van der Waals surface area contributed by atoms with Crippen LogP contribution in [0.15, 0.2) is 10.5 Å². The minimum atomic E-state index is -1.84. The molecule has 9 rings (SSSR count). The molecule has 25 N–H and O–H groups in total. The SMILES string of the molecule is Oc1cc2c(O)c3oc4c(O)c(O)c(-c5c6c(O)c(O)c(O)c(O)c6c(-c6c(O)c(O)c(O)c(O)c6-c6c(O)c(O)c(O)c(O)c6O)c6c(O)c(O)c(O)c(O)c56)c(O)c4c3c(O)c2c(O)c1O. The van der Waals surface area contributed by atoms with E-state index in [2.05, 4.69) is 0 Å². The fourth-order valence-electron chi connectivity index (χ4n) is 8.46. The highest BCUT2D eigenvalue weighted by Crippen LogP contribution is 2.69. The first-order valence-electron chi connectivity index (χ1n) is 18.3. The molecule has 0 fully saturated rings. The summed E-state index contributed by atoms with van der Waals surface area (Å²) in [4.78, 5) is 0. The van der Waals surface area contributed by atoms with E-state index in [0.717, 1.165) is 0 Å². The molecule has 350 valence electrons. The Balaban J connectivity index is 1.63. The van der Waals surface area contributed by atoms with Crippen molar-refractivity contribution in [2.24, 2.45) is 0 Å². The van der Waals surface area contributed by atoms with Gasteiger partial charge in [0.25, 0.3) is 0 Å². The van der Waals surface area contributed by atoms with E-state index < -0.39 is 231 Å². The Kier molecular flexibility index (Phi) is 8.27. The molecule has 0 radical (unpaired) electrons. The molecule has 0 aliphatic heterocycles. The summed E-state index contributed by atoms with van der Waals surface area (Å²) in [6.45, 7) is 0. The first-order chi connectivity index (χ1) is 31.7. The summed E-state index contributed by atoms with van der Waals surface area (Å²) in [5.74, 6) is -40.6. The van der Waals surface area contributed by atoms with Gasteiger partial charge in [-0.1, -0.05) is 0 Å². The molecule has 0 atom stereocenters. The zero-order valence-electron chi connectivity index (χ0n) is 32.7. The summed E-state index contributed by atoms with van der Waals surface area (Å²) < 4.78 is 5.50. The highest BCUT2D eigenvalue weighted by Gasteiger charge is 2.41. The third-order valence-corrected chi connectivity index (χ3v) is 11.6. The van der Waals surface area contributed by atoms with Crippen molar-refractivity contribution in [3.63, 3.8) is 0 Å². The lowest BCUT2D eigenvalue weighted by molar-refractivity contribution is 0.329. The maximum atomic E-state index is 12.3. The van der Waals surface area contributed by atoms with Crippen LogP contribution in [0.3, 0.4) is 0 Å². The second kappa shape index (κ2) is 13.2. The molecule has 0 saturated carbocycles. The van der Waals surface area contributed by atoms with Gasteiger partial charge in [-0.05, 0) is 6.07 Å². The zero-order chi connectivity index (χ0) is 50.1. The lowest BCUT2D eigenvalue weighted by Gasteiger charge is -2.25. The van der Waals surface area contributed by atoms with Gasteiger partial charge in [0, 0.05) is 49.2 Å². The van der Waals surface area contributed by atoms with Crippen molar-refractivity contribution >= 4 is 54.3 Å². The van der Waals surface area contributed by atoms with E-state index in [1.54, 1.807) is 0 Å². The first kappa shape index (κ1) is 42.6. The number of phenolic OH excluding ortho intramolecular Hbond substituents is 25. The van der Waals surface area contributed by atoms with E-state index in [0.29, 0.717) is 6.07 Å². The van der Waals surface area contributed by atoms with Gasteiger partial charge in [-0.25, -0.2) is 0 Å². The highest BCUT2D eigenvalue weighted by molar-refractivity contribution is 6.33. The van der Waals surface area contributed by atoms with Gasteiger partial charge in [0.15, 0.2) is 80.2 Å². The minimum absolute atomic E-state index is 0.634. The molecule has 0 aliphatic carbocycles. The summed E-state index contributed by atoms with van der Waals surface area (Å²) >= 11 is 0. The molecule has 0 aliphatic rings. The Labute approximate surface area is 369 Å². The minimum Gasteiger partial charge on any atom is -0.506 e. The van der Waals surface area contributed by atoms with Crippen molar-refractivity contribution in [3.8, 4) is 177 Å². The summed E-state index contributed by atoms with van der Waals surface area (Å²) in [5, 5.41) is 269. The molecule has 8 aromatic carbocycles. The van der Waals surface area contributed by atoms with Crippen LogP contribution in [0.25, 0.3) is 87.6 Å². The number of phenols is 25. The van der Waals surface area contributed by atoms with Gasteiger partial charge in [-0.2, -0.15) is 0 Å². The molecular weight excluding hydrogens is 920 g/mol. The van der Waals surface area contributed by atoms with Crippen LogP contribution in [0.4, 0.5) is 0 Å². The third-order valence-electron chi connectivity index (χ3n) is 11.6. The van der Waals surface area contributed by atoms with Crippen LogP contribution in [-0.2, 0) is 0 Å². The van der Waals surface area contributed by atoms with Crippen LogP contribution < -0.4 is 0 Å². The number of hydrogen-bond acceptors (Lipinski definition) is 26. The van der Waals surface area contributed by atoms with Crippen molar-refractivity contribution < 1.29 is 132 Å². The average Bonchev–Trinajstić information content (AvgIpc) is 3.72. The molecule has 1 aromatic heterocycles. The standard InChI is InChI=1S/C42H26O26/c43-3-1-2-4(21(48)18(3)45)19(46)15-16-20(47)13(30(57)40(67)42(16)68-41(15)17(2)44)6-10-7(22(49)31(58)34(61)25(10)52)5(8-11(6)26(53)35(62)32(59)23(8)50)9-12(27(54)36(63)33(60)24(9)51)14-28(55)37(64)39(66)38(65)29(14)56/h1,43-67H. The number of aromatic hydroxyl groups is 25. The van der Waals surface area contributed by atoms with Crippen molar-refractivity contribution in [1.82, 2.24) is 0 Å². The van der Waals surface area contributed by atoms with Crippen LogP contribution in [0.5, 0.6) is 144 Å². The number of hydrogen-bond donors (Lipinski definition) is 25. The largest absolute Gasteiger partial charge is 0.506 e.